The summed E-state index contributed by atoms with van der Waals surface area (Å²) in [7, 11) is 1.91. The Balaban J connectivity index is 1.54. The SMILES string of the molecule is CN(C)CCCOc1ncc(-c2c(F)cc3ncc4c5c3c2OCC2(CCC2)n5c(=O)n4C)cc1NS(C)(=O)=O. The summed E-state index contributed by atoms with van der Waals surface area (Å²) in [5.74, 6) is -0.256. The van der Waals surface area contributed by atoms with Gasteiger partial charge in [-0.25, -0.2) is 22.6 Å². The third-order valence-electron chi connectivity index (χ3n) is 7.75. The van der Waals surface area contributed by atoms with Gasteiger partial charge in [-0.3, -0.25) is 18.8 Å². The van der Waals surface area contributed by atoms with Crippen LogP contribution in [0.1, 0.15) is 25.7 Å². The van der Waals surface area contributed by atoms with Crippen LogP contribution in [0.5, 0.6) is 11.6 Å². The van der Waals surface area contributed by atoms with Crippen molar-refractivity contribution >= 4 is 37.6 Å². The van der Waals surface area contributed by atoms with E-state index in [1.807, 2.05) is 19.0 Å². The van der Waals surface area contributed by atoms with Gasteiger partial charge in [-0.15, -0.1) is 0 Å². The summed E-state index contributed by atoms with van der Waals surface area (Å²) in [5, 5.41) is 0.539. The van der Waals surface area contributed by atoms with Crippen LogP contribution in [0.2, 0.25) is 0 Å². The first-order valence-corrected chi connectivity index (χ1v) is 15.0. The number of aryl methyl sites for hydroxylation is 1. The lowest BCUT2D eigenvalue weighted by atomic mass is 9.77. The Hall–Kier alpha value is -3.71. The van der Waals surface area contributed by atoms with Crippen molar-refractivity contribution in [3.05, 3.63) is 40.8 Å². The van der Waals surface area contributed by atoms with E-state index in [-0.39, 0.29) is 35.2 Å². The maximum absolute atomic E-state index is 15.9. The van der Waals surface area contributed by atoms with E-state index in [4.69, 9.17) is 9.47 Å². The topological polar surface area (TPSA) is 121 Å². The maximum Gasteiger partial charge on any atom is 0.329 e. The van der Waals surface area contributed by atoms with E-state index in [2.05, 4.69) is 14.7 Å². The molecule has 13 heteroatoms. The molecular formula is C27H31FN6O5S. The molecule has 0 radical (unpaired) electrons. The zero-order valence-electron chi connectivity index (χ0n) is 22.8. The highest BCUT2D eigenvalue weighted by atomic mass is 32.2. The molecule has 0 unspecified atom stereocenters. The van der Waals surface area contributed by atoms with Gasteiger partial charge in [0.15, 0.2) is 0 Å². The number of ether oxygens (including phenoxy) is 2. The second-order valence-corrected chi connectivity index (χ2v) is 12.7. The molecule has 0 atom stereocenters. The molecule has 1 aliphatic heterocycles. The van der Waals surface area contributed by atoms with E-state index in [1.54, 1.807) is 22.4 Å². The number of hydrogen-bond donors (Lipinski definition) is 1. The summed E-state index contributed by atoms with van der Waals surface area (Å²) in [5.41, 5.74) is 1.47. The monoisotopic (exact) mass is 570 g/mol. The highest BCUT2D eigenvalue weighted by Crippen LogP contribution is 2.49. The minimum atomic E-state index is -3.70. The van der Waals surface area contributed by atoms with Crippen LogP contribution in [0.3, 0.4) is 0 Å². The lowest BCUT2D eigenvalue weighted by Crippen LogP contribution is -2.50. The number of pyridine rings is 2. The van der Waals surface area contributed by atoms with Gasteiger partial charge in [0, 0.05) is 31.4 Å². The molecule has 4 aromatic rings. The predicted molar refractivity (Wildman–Crippen MR) is 150 cm³/mol. The normalized spacial score (nSPS) is 15.9. The number of halogens is 1. The Morgan fingerprint density at radius 3 is 2.67 bits per heavy atom. The average Bonchev–Trinajstić information content (AvgIpc) is 3.01. The van der Waals surface area contributed by atoms with Crippen LogP contribution in [0, 0.1) is 5.82 Å². The minimum absolute atomic E-state index is 0.0913. The number of aromatic nitrogens is 4. The van der Waals surface area contributed by atoms with Crippen LogP contribution >= 0.6 is 0 Å². The number of sulfonamides is 1. The summed E-state index contributed by atoms with van der Waals surface area (Å²) < 4.78 is 58.2. The fourth-order valence-corrected chi connectivity index (χ4v) is 6.23. The van der Waals surface area contributed by atoms with Crippen molar-refractivity contribution in [2.24, 2.45) is 7.05 Å². The number of anilines is 1. The molecule has 0 bridgehead atoms. The standard InChI is InChI=1S/C27H31FN6O5S/c1-32(2)9-6-10-38-25-19(31-40(4,36)37)11-16(13-30-25)21-17(28)12-18-22-23-20(14-29-18)33(3)26(35)34(23)27(7-5-8-27)15-39-24(21)22/h11-14,31H,5-10,15H2,1-4H3. The van der Waals surface area contributed by atoms with Crippen molar-refractivity contribution < 1.29 is 22.3 Å². The van der Waals surface area contributed by atoms with Gasteiger partial charge in [0.25, 0.3) is 0 Å². The Bertz CT molecular complexity index is 1830. The van der Waals surface area contributed by atoms with Gasteiger partial charge in [0.1, 0.15) is 23.9 Å². The third-order valence-corrected chi connectivity index (χ3v) is 8.34. The summed E-state index contributed by atoms with van der Waals surface area (Å²) in [4.78, 5) is 24.3. The molecule has 212 valence electrons. The smallest absolute Gasteiger partial charge is 0.329 e. The van der Waals surface area contributed by atoms with Crippen LogP contribution in [-0.2, 0) is 22.6 Å². The van der Waals surface area contributed by atoms with Crippen LogP contribution < -0.4 is 19.9 Å². The second-order valence-electron chi connectivity index (χ2n) is 10.9. The third kappa shape index (κ3) is 4.27. The molecule has 1 spiro atoms. The van der Waals surface area contributed by atoms with Gasteiger partial charge in [-0.05, 0) is 45.8 Å². The van der Waals surface area contributed by atoms with E-state index < -0.39 is 21.4 Å². The highest BCUT2D eigenvalue weighted by molar-refractivity contribution is 7.92. The number of nitrogens with one attached hydrogen (secondary N) is 1. The van der Waals surface area contributed by atoms with Crippen LogP contribution in [0.15, 0.2) is 29.3 Å². The lowest BCUT2D eigenvalue weighted by Gasteiger charge is -2.41. The Kier molecular flexibility index (Phi) is 6.26. The van der Waals surface area contributed by atoms with Crippen molar-refractivity contribution in [1.29, 1.82) is 0 Å². The molecule has 1 fully saturated rings. The van der Waals surface area contributed by atoms with Gasteiger partial charge < -0.3 is 14.4 Å². The van der Waals surface area contributed by atoms with E-state index >= 15 is 4.39 Å². The quantitative estimate of drug-likeness (QED) is 0.321. The average molecular weight is 571 g/mol. The molecule has 1 saturated carbocycles. The van der Waals surface area contributed by atoms with Crippen molar-refractivity contribution in [2.45, 2.75) is 31.2 Å². The van der Waals surface area contributed by atoms with Crippen molar-refractivity contribution in [3.8, 4) is 22.8 Å². The van der Waals surface area contributed by atoms with E-state index in [0.29, 0.717) is 40.5 Å². The van der Waals surface area contributed by atoms with E-state index in [1.165, 1.54) is 18.3 Å². The van der Waals surface area contributed by atoms with Crippen molar-refractivity contribution in [1.82, 2.24) is 24.0 Å². The molecule has 40 heavy (non-hydrogen) atoms. The summed E-state index contributed by atoms with van der Waals surface area (Å²) in [6.45, 7) is 1.30. The minimum Gasteiger partial charge on any atom is -0.490 e. The molecule has 0 amide bonds. The van der Waals surface area contributed by atoms with Gasteiger partial charge in [0.2, 0.25) is 15.9 Å². The molecule has 1 aliphatic carbocycles. The van der Waals surface area contributed by atoms with Crippen molar-refractivity contribution in [3.63, 3.8) is 0 Å². The first-order valence-electron chi connectivity index (χ1n) is 13.1. The summed E-state index contributed by atoms with van der Waals surface area (Å²) in [6, 6.07) is 2.81. The fraction of sp³-hybridized carbons (Fsp3) is 0.444. The van der Waals surface area contributed by atoms with Crippen LogP contribution in [0.25, 0.3) is 33.1 Å². The second kappa shape index (κ2) is 9.44. The Labute approximate surface area is 230 Å². The molecule has 4 heterocycles. The van der Waals surface area contributed by atoms with Crippen LogP contribution in [0.4, 0.5) is 10.1 Å². The van der Waals surface area contributed by atoms with Crippen LogP contribution in [-0.4, -0.2) is 72.5 Å². The predicted octanol–water partition coefficient (Wildman–Crippen LogP) is 3.06. The first-order chi connectivity index (χ1) is 19.0. The summed E-state index contributed by atoms with van der Waals surface area (Å²) in [6.07, 6.45) is 7.26. The number of imidazole rings is 1. The van der Waals surface area contributed by atoms with Gasteiger partial charge in [-0.2, -0.15) is 0 Å². The van der Waals surface area contributed by atoms with Crippen molar-refractivity contribution in [2.75, 3.05) is 44.8 Å². The van der Waals surface area contributed by atoms with Gasteiger partial charge in [-0.1, -0.05) is 0 Å². The molecule has 6 rings (SSSR count). The zero-order valence-corrected chi connectivity index (χ0v) is 23.6. The fourth-order valence-electron chi connectivity index (χ4n) is 5.69. The van der Waals surface area contributed by atoms with Gasteiger partial charge >= 0.3 is 5.69 Å². The number of rotatable bonds is 8. The molecule has 2 aliphatic rings. The maximum atomic E-state index is 15.9. The number of hydrogen-bond acceptors (Lipinski definition) is 8. The Morgan fingerprint density at radius 1 is 1.23 bits per heavy atom. The summed E-state index contributed by atoms with van der Waals surface area (Å²) >= 11 is 0. The highest BCUT2D eigenvalue weighted by Gasteiger charge is 2.45. The zero-order chi connectivity index (χ0) is 28.4. The molecule has 3 aromatic heterocycles. The van der Waals surface area contributed by atoms with E-state index in [9.17, 15) is 13.2 Å². The first kappa shape index (κ1) is 26.5. The largest absolute Gasteiger partial charge is 0.490 e. The lowest BCUT2D eigenvalue weighted by molar-refractivity contribution is 0.0719. The molecule has 0 saturated heterocycles. The molecule has 1 N–H and O–H groups in total. The van der Waals surface area contributed by atoms with Gasteiger partial charge in [0.05, 0.1) is 52.1 Å². The number of benzene rings is 1. The number of fused-ring (bicyclic) bond motifs is 1. The number of nitrogens with zero attached hydrogens (tertiary/aromatic N) is 5. The Morgan fingerprint density at radius 2 is 2.00 bits per heavy atom. The molecular weight excluding hydrogens is 539 g/mol. The van der Waals surface area contributed by atoms with E-state index in [0.717, 1.165) is 32.1 Å². The molecule has 1 aromatic carbocycles. The molecule has 11 nitrogen and oxygen atoms in total.